The zero-order valence-electron chi connectivity index (χ0n) is 11.0. The van der Waals surface area contributed by atoms with Gasteiger partial charge < -0.3 is 5.32 Å². The maximum Gasteiger partial charge on any atom is 0.102 e. The summed E-state index contributed by atoms with van der Waals surface area (Å²) in [7, 11) is 0. The highest BCUT2D eigenvalue weighted by atomic mass is 19.1. The van der Waals surface area contributed by atoms with Crippen LogP contribution in [-0.4, -0.2) is 43.3 Å². The molecule has 0 aromatic rings. The monoisotopic (exact) mass is 230 g/mol. The fourth-order valence-electron chi connectivity index (χ4n) is 2.55. The summed E-state index contributed by atoms with van der Waals surface area (Å²) in [5.41, 5.74) is 0. The van der Waals surface area contributed by atoms with E-state index in [0.29, 0.717) is 24.5 Å². The van der Waals surface area contributed by atoms with Gasteiger partial charge in [-0.15, -0.1) is 0 Å². The Hall–Kier alpha value is -0.150. The largest absolute Gasteiger partial charge is 0.311 e. The molecular weight excluding hydrogens is 203 g/mol. The SMILES string of the molecule is CCCC1CNC(C(C)CC)CN1CCF. The Balaban J connectivity index is 2.50. The summed E-state index contributed by atoms with van der Waals surface area (Å²) in [4.78, 5) is 2.34. The predicted octanol–water partition coefficient (Wildman–Crippen LogP) is 2.44. The Kier molecular flexibility index (Phi) is 6.29. The van der Waals surface area contributed by atoms with Gasteiger partial charge in [-0.05, 0) is 12.3 Å². The van der Waals surface area contributed by atoms with Crippen LogP contribution in [0.1, 0.15) is 40.0 Å². The Morgan fingerprint density at radius 1 is 1.44 bits per heavy atom. The van der Waals surface area contributed by atoms with E-state index in [-0.39, 0.29) is 6.67 Å². The van der Waals surface area contributed by atoms with Gasteiger partial charge in [0.2, 0.25) is 0 Å². The molecule has 1 fully saturated rings. The van der Waals surface area contributed by atoms with E-state index in [9.17, 15) is 4.39 Å². The van der Waals surface area contributed by atoms with Crippen LogP contribution in [0.4, 0.5) is 4.39 Å². The van der Waals surface area contributed by atoms with E-state index in [4.69, 9.17) is 0 Å². The first-order valence-corrected chi connectivity index (χ1v) is 6.76. The maximum atomic E-state index is 12.5. The van der Waals surface area contributed by atoms with Crippen molar-refractivity contribution >= 4 is 0 Å². The quantitative estimate of drug-likeness (QED) is 0.754. The van der Waals surface area contributed by atoms with Gasteiger partial charge >= 0.3 is 0 Å². The molecule has 16 heavy (non-hydrogen) atoms. The third-order valence-electron chi connectivity index (χ3n) is 3.89. The van der Waals surface area contributed by atoms with Gasteiger partial charge in [0.25, 0.3) is 0 Å². The molecule has 0 spiro atoms. The zero-order chi connectivity index (χ0) is 12.0. The number of piperazine rings is 1. The molecule has 1 rings (SSSR count). The summed E-state index contributed by atoms with van der Waals surface area (Å²) in [5, 5.41) is 3.63. The topological polar surface area (TPSA) is 15.3 Å². The van der Waals surface area contributed by atoms with Gasteiger partial charge in [-0.3, -0.25) is 4.90 Å². The molecule has 0 aromatic heterocycles. The van der Waals surface area contributed by atoms with Crippen molar-refractivity contribution in [2.75, 3.05) is 26.3 Å². The van der Waals surface area contributed by atoms with Crippen LogP contribution in [0.15, 0.2) is 0 Å². The highest BCUT2D eigenvalue weighted by Gasteiger charge is 2.28. The Morgan fingerprint density at radius 2 is 2.19 bits per heavy atom. The molecule has 1 saturated heterocycles. The number of alkyl halides is 1. The second-order valence-corrected chi connectivity index (χ2v) is 5.03. The molecule has 0 amide bonds. The van der Waals surface area contributed by atoms with Crippen LogP contribution >= 0.6 is 0 Å². The van der Waals surface area contributed by atoms with Crippen LogP contribution < -0.4 is 5.32 Å². The second-order valence-electron chi connectivity index (χ2n) is 5.03. The van der Waals surface area contributed by atoms with E-state index in [1.165, 1.54) is 19.3 Å². The average molecular weight is 230 g/mol. The molecule has 96 valence electrons. The van der Waals surface area contributed by atoms with Gasteiger partial charge in [0.15, 0.2) is 0 Å². The lowest BCUT2D eigenvalue weighted by molar-refractivity contribution is 0.0962. The van der Waals surface area contributed by atoms with Crippen LogP contribution in [0.25, 0.3) is 0 Å². The average Bonchev–Trinajstić information content (AvgIpc) is 2.31. The van der Waals surface area contributed by atoms with E-state index < -0.39 is 0 Å². The van der Waals surface area contributed by atoms with E-state index in [1.54, 1.807) is 0 Å². The van der Waals surface area contributed by atoms with Crippen molar-refractivity contribution in [1.29, 1.82) is 0 Å². The first-order chi connectivity index (χ1) is 7.72. The molecule has 0 saturated carbocycles. The van der Waals surface area contributed by atoms with Gasteiger partial charge in [-0.25, -0.2) is 4.39 Å². The highest BCUT2D eigenvalue weighted by Crippen LogP contribution is 2.17. The summed E-state index contributed by atoms with van der Waals surface area (Å²) in [6.07, 6.45) is 3.56. The molecule has 0 aliphatic carbocycles. The number of hydrogen-bond donors (Lipinski definition) is 1. The molecule has 3 unspecified atom stereocenters. The minimum Gasteiger partial charge on any atom is -0.311 e. The van der Waals surface area contributed by atoms with Crippen LogP contribution in [-0.2, 0) is 0 Å². The summed E-state index contributed by atoms with van der Waals surface area (Å²) >= 11 is 0. The summed E-state index contributed by atoms with van der Waals surface area (Å²) in [6, 6.07) is 1.09. The van der Waals surface area contributed by atoms with Crippen LogP contribution in [0.2, 0.25) is 0 Å². The zero-order valence-corrected chi connectivity index (χ0v) is 11.0. The van der Waals surface area contributed by atoms with Crippen LogP contribution in [0.5, 0.6) is 0 Å². The van der Waals surface area contributed by atoms with Gasteiger partial charge in [0, 0.05) is 31.7 Å². The maximum absolute atomic E-state index is 12.5. The number of nitrogens with zero attached hydrogens (tertiary/aromatic N) is 1. The molecule has 3 heteroatoms. The minimum absolute atomic E-state index is 0.215. The lowest BCUT2D eigenvalue weighted by Crippen LogP contribution is -2.58. The number of rotatable bonds is 6. The molecule has 0 radical (unpaired) electrons. The molecule has 1 aliphatic rings. The number of nitrogens with one attached hydrogen (secondary N) is 1. The van der Waals surface area contributed by atoms with Crippen LogP contribution in [0, 0.1) is 5.92 Å². The Labute approximate surface area is 99.6 Å². The molecule has 3 atom stereocenters. The van der Waals surface area contributed by atoms with E-state index >= 15 is 0 Å². The molecular formula is C13H27FN2. The molecule has 1 aliphatic heterocycles. The molecule has 2 nitrogen and oxygen atoms in total. The molecule has 1 N–H and O–H groups in total. The lowest BCUT2D eigenvalue weighted by Gasteiger charge is -2.42. The van der Waals surface area contributed by atoms with E-state index in [0.717, 1.165) is 13.1 Å². The van der Waals surface area contributed by atoms with Crippen molar-refractivity contribution in [2.24, 2.45) is 5.92 Å². The van der Waals surface area contributed by atoms with Crippen molar-refractivity contribution < 1.29 is 4.39 Å². The third-order valence-corrected chi connectivity index (χ3v) is 3.89. The standard InChI is InChI=1S/C13H27FN2/c1-4-6-12-9-15-13(11(3)5-2)10-16(12)8-7-14/h11-13,15H,4-10H2,1-3H3. The Bertz CT molecular complexity index is 187. The van der Waals surface area contributed by atoms with Gasteiger partial charge in [-0.1, -0.05) is 33.6 Å². The Morgan fingerprint density at radius 3 is 2.75 bits per heavy atom. The van der Waals surface area contributed by atoms with E-state index in [2.05, 4.69) is 31.0 Å². The fourth-order valence-corrected chi connectivity index (χ4v) is 2.55. The van der Waals surface area contributed by atoms with Crippen molar-refractivity contribution in [3.63, 3.8) is 0 Å². The van der Waals surface area contributed by atoms with Crippen LogP contribution in [0.3, 0.4) is 0 Å². The highest BCUT2D eigenvalue weighted by molar-refractivity contribution is 4.87. The molecule has 0 aromatic carbocycles. The summed E-state index contributed by atoms with van der Waals surface area (Å²) in [6.45, 7) is 9.16. The fraction of sp³-hybridized carbons (Fsp3) is 1.00. The van der Waals surface area contributed by atoms with Gasteiger partial charge in [-0.2, -0.15) is 0 Å². The minimum atomic E-state index is -0.215. The van der Waals surface area contributed by atoms with Crippen molar-refractivity contribution in [1.82, 2.24) is 10.2 Å². The number of halogens is 1. The summed E-state index contributed by atoms with van der Waals surface area (Å²) < 4.78 is 12.5. The second kappa shape index (κ2) is 7.23. The predicted molar refractivity (Wildman–Crippen MR) is 67.5 cm³/mol. The molecule has 1 heterocycles. The van der Waals surface area contributed by atoms with Crippen molar-refractivity contribution in [3.8, 4) is 0 Å². The normalized spacial score (nSPS) is 29.2. The van der Waals surface area contributed by atoms with Crippen molar-refractivity contribution in [3.05, 3.63) is 0 Å². The molecule has 0 bridgehead atoms. The van der Waals surface area contributed by atoms with E-state index in [1.807, 2.05) is 0 Å². The first-order valence-electron chi connectivity index (χ1n) is 6.76. The van der Waals surface area contributed by atoms with Gasteiger partial charge in [0.05, 0.1) is 0 Å². The van der Waals surface area contributed by atoms with Crippen molar-refractivity contribution in [2.45, 2.75) is 52.1 Å². The first kappa shape index (κ1) is 13.9. The third kappa shape index (κ3) is 3.70. The lowest BCUT2D eigenvalue weighted by atomic mass is 9.94. The van der Waals surface area contributed by atoms with Gasteiger partial charge in [0.1, 0.15) is 6.67 Å². The summed E-state index contributed by atoms with van der Waals surface area (Å²) in [5.74, 6) is 0.685. The number of hydrogen-bond acceptors (Lipinski definition) is 2. The smallest absolute Gasteiger partial charge is 0.102 e.